The topological polar surface area (TPSA) is 16.4 Å². The number of nitrogens with zero attached hydrogens (tertiary/aromatic N) is 1. The average Bonchev–Trinajstić information content (AvgIpc) is 3.60. The highest BCUT2D eigenvalue weighted by molar-refractivity contribution is 6.25. The van der Waals surface area contributed by atoms with E-state index in [0.717, 1.165) is 54.6 Å². The average molecular weight is 621 g/mol. The lowest BCUT2D eigenvalue weighted by molar-refractivity contribution is 0.670. The molecule has 0 N–H and O–H groups in total. The van der Waals surface area contributed by atoms with Gasteiger partial charge >= 0.3 is 0 Å². The van der Waals surface area contributed by atoms with Crippen molar-refractivity contribution in [2.45, 2.75) is 0 Å². The number of fused-ring (bicyclic) bond motifs is 7. The first-order valence-electron chi connectivity index (χ1n) is 19.2. The maximum atomic E-state index is 9.56. The molecule has 9 aromatic rings. The Bertz CT molecular complexity index is 3100. The molecule has 0 spiro atoms. The Balaban J connectivity index is 1.55. The second-order valence-corrected chi connectivity index (χ2v) is 11.7. The maximum Gasteiger partial charge on any atom is 0.143 e. The summed E-state index contributed by atoms with van der Waals surface area (Å²) in [6.07, 6.45) is 3.50. The summed E-state index contributed by atoms with van der Waals surface area (Å²) in [4.78, 5) is 1.83. The first-order valence-corrected chi connectivity index (χ1v) is 15.7. The van der Waals surface area contributed by atoms with E-state index in [9.17, 15) is 2.74 Å². The van der Waals surface area contributed by atoms with Gasteiger partial charge in [0.05, 0.1) is 21.0 Å². The van der Waals surface area contributed by atoms with Gasteiger partial charge in [-0.25, -0.2) is 0 Å². The summed E-state index contributed by atoms with van der Waals surface area (Å²) in [5.41, 5.74) is 5.86. The highest BCUT2D eigenvalue weighted by Crippen LogP contribution is 2.52. The molecule has 0 fully saturated rings. The Morgan fingerprint density at radius 1 is 0.562 bits per heavy atom. The second kappa shape index (κ2) is 11.2. The minimum absolute atomic E-state index is 0.0214. The van der Waals surface area contributed by atoms with E-state index in [0.29, 0.717) is 22.5 Å². The SMILES string of the molecule is [2H]c1c([2H])c([2H])c2c(N(c3ccc(C=C)cc3)c3c(-c4cccc5c4oc4cc(C=C)ccc45)c4ccccc4c4ccccc34)c([2H])c([2H])c([2H])c2c1[2H]. The predicted octanol–water partition coefficient (Wildman–Crippen LogP) is 13.5. The number of para-hydroxylation sites is 1. The summed E-state index contributed by atoms with van der Waals surface area (Å²) in [6.45, 7) is 7.88. The van der Waals surface area contributed by atoms with Crippen LogP contribution >= 0.6 is 0 Å². The van der Waals surface area contributed by atoms with Gasteiger partial charge in [0, 0.05) is 38.4 Å². The van der Waals surface area contributed by atoms with E-state index in [2.05, 4.69) is 19.2 Å². The largest absolute Gasteiger partial charge is 0.455 e. The molecular weight excluding hydrogens is 583 g/mol. The Morgan fingerprint density at radius 2 is 1.23 bits per heavy atom. The molecule has 0 saturated carbocycles. The molecule has 2 nitrogen and oxygen atoms in total. The third-order valence-electron chi connectivity index (χ3n) is 9.06. The minimum Gasteiger partial charge on any atom is -0.455 e. The zero-order valence-electron chi connectivity index (χ0n) is 32.8. The van der Waals surface area contributed by atoms with Crippen LogP contribution in [0.4, 0.5) is 17.1 Å². The van der Waals surface area contributed by atoms with E-state index in [1.165, 1.54) is 0 Å². The summed E-state index contributed by atoms with van der Waals surface area (Å²) < 4.78 is 69.7. The van der Waals surface area contributed by atoms with Crippen LogP contribution < -0.4 is 4.90 Å². The van der Waals surface area contributed by atoms with Crippen LogP contribution in [-0.2, 0) is 0 Å². The van der Waals surface area contributed by atoms with E-state index in [4.69, 9.17) is 11.3 Å². The fraction of sp³-hybridized carbons (Fsp3) is 0. The minimum atomic E-state index is -0.510. The highest BCUT2D eigenvalue weighted by Gasteiger charge is 2.26. The quantitative estimate of drug-likeness (QED) is 0.172. The third kappa shape index (κ3) is 4.27. The number of benzene rings is 8. The van der Waals surface area contributed by atoms with E-state index in [1.807, 2.05) is 108 Å². The van der Waals surface area contributed by atoms with Gasteiger partial charge < -0.3 is 9.32 Å². The molecule has 0 aliphatic heterocycles. The molecule has 9 rings (SSSR count). The lowest BCUT2D eigenvalue weighted by Crippen LogP contribution is -2.13. The van der Waals surface area contributed by atoms with Gasteiger partial charge in [-0.05, 0) is 63.0 Å². The standard InChI is InChI=1S/C46H31NO/c1-3-30-23-26-33(27-24-30)47(42-22-11-14-32-13-5-6-15-34(32)42)45-39-19-10-8-17-36(39)35-16-7-9-18-38(35)44(45)41-21-12-20-40-37-28-25-31(4-2)29-43(37)48-46(40)41/h3-29H,1-2H2/i5D,6D,11D,13D,14D,15D,22D. The van der Waals surface area contributed by atoms with Crippen LogP contribution in [0.1, 0.15) is 20.7 Å². The fourth-order valence-electron chi connectivity index (χ4n) is 6.86. The lowest BCUT2D eigenvalue weighted by atomic mass is 9.89. The van der Waals surface area contributed by atoms with Crippen LogP contribution in [0, 0.1) is 0 Å². The predicted molar refractivity (Wildman–Crippen MR) is 207 cm³/mol. The summed E-state index contributed by atoms with van der Waals surface area (Å²) in [5.74, 6) is 0. The molecule has 0 aliphatic carbocycles. The summed E-state index contributed by atoms with van der Waals surface area (Å²) >= 11 is 0. The zero-order valence-corrected chi connectivity index (χ0v) is 25.8. The van der Waals surface area contributed by atoms with Gasteiger partial charge in [0.1, 0.15) is 11.2 Å². The Kier molecular flexibility index (Phi) is 4.98. The Morgan fingerprint density at radius 3 is 2.02 bits per heavy atom. The molecular formula is C46H31NO. The molecule has 0 bridgehead atoms. The molecule has 48 heavy (non-hydrogen) atoms. The van der Waals surface area contributed by atoms with Crippen LogP contribution in [0.2, 0.25) is 0 Å². The number of hydrogen-bond acceptors (Lipinski definition) is 2. The van der Waals surface area contributed by atoms with Gasteiger partial charge in [0.25, 0.3) is 0 Å². The van der Waals surface area contributed by atoms with Gasteiger partial charge in [-0.2, -0.15) is 0 Å². The molecule has 1 aromatic heterocycles. The third-order valence-corrected chi connectivity index (χ3v) is 9.06. The van der Waals surface area contributed by atoms with Crippen molar-refractivity contribution in [1.82, 2.24) is 0 Å². The van der Waals surface area contributed by atoms with Crippen molar-refractivity contribution in [1.29, 1.82) is 0 Å². The van der Waals surface area contributed by atoms with Crippen molar-refractivity contribution >= 4 is 83.5 Å². The van der Waals surface area contributed by atoms with Crippen LogP contribution in [-0.4, -0.2) is 0 Å². The fourth-order valence-corrected chi connectivity index (χ4v) is 6.86. The van der Waals surface area contributed by atoms with Crippen molar-refractivity contribution < 1.29 is 14.0 Å². The number of anilines is 3. The van der Waals surface area contributed by atoms with Crippen molar-refractivity contribution in [2.24, 2.45) is 0 Å². The summed E-state index contributed by atoms with van der Waals surface area (Å²) in [5, 5.41) is 5.25. The summed E-state index contributed by atoms with van der Waals surface area (Å²) in [6, 6.07) is 32.5. The van der Waals surface area contributed by atoms with Crippen molar-refractivity contribution in [2.75, 3.05) is 4.90 Å². The monoisotopic (exact) mass is 620 g/mol. The maximum absolute atomic E-state index is 9.56. The van der Waals surface area contributed by atoms with E-state index in [1.54, 1.807) is 12.2 Å². The van der Waals surface area contributed by atoms with Gasteiger partial charge in [-0.3, -0.25) is 0 Å². The van der Waals surface area contributed by atoms with Gasteiger partial charge in [0.15, 0.2) is 0 Å². The highest BCUT2D eigenvalue weighted by atomic mass is 16.3. The van der Waals surface area contributed by atoms with Gasteiger partial charge in [-0.15, -0.1) is 0 Å². The Labute approximate surface area is 288 Å². The van der Waals surface area contributed by atoms with Crippen LogP contribution in [0.25, 0.3) is 77.5 Å². The van der Waals surface area contributed by atoms with Gasteiger partial charge in [0.2, 0.25) is 0 Å². The van der Waals surface area contributed by atoms with Crippen molar-refractivity contribution in [3.63, 3.8) is 0 Å². The number of furan rings is 1. The van der Waals surface area contributed by atoms with Crippen molar-refractivity contribution in [3.05, 3.63) is 176 Å². The first-order chi connectivity index (χ1) is 26.6. The van der Waals surface area contributed by atoms with Crippen LogP contribution in [0.5, 0.6) is 0 Å². The number of hydrogen-bond donors (Lipinski definition) is 0. The zero-order chi connectivity index (χ0) is 38.3. The molecule has 226 valence electrons. The van der Waals surface area contributed by atoms with Gasteiger partial charge in [-0.1, -0.05) is 146 Å². The normalized spacial score (nSPS) is 13.5. The molecule has 0 aliphatic rings. The molecule has 2 heteroatoms. The molecule has 0 unspecified atom stereocenters. The van der Waals surface area contributed by atoms with E-state index in [-0.39, 0.29) is 22.5 Å². The van der Waals surface area contributed by atoms with E-state index >= 15 is 0 Å². The van der Waals surface area contributed by atoms with Crippen LogP contribution in [0.3, 0.4) is 0 Å². The van der Waals surface area contributed by atoms with E-state index < -0.39 is 36.3 Å². The van der Waals surface area contributed by atoms with Crippen LogP contribution in [0.15, 0.2) is 169 Å². The van der Waals surface area contributed by atoms with Crippen molar-refractivity contribution in [3.8, 4) is 11.1 Å². The Hall–Kier alpha value is -6.38. The first kappa shape index (κ1) is 21.4. The molecule has 1 heterocycles. The smallest absolute Gasteiger partial charge is 0.143 e. The number of rotatable bonds is 6. The molecule has 0 amide bonds. The molecule has 0 saturated heterocycles. The summed E-state index contributed by atoms with van der Waals surface area (Å²) in [7, 11) is 0. The molecule has 0 atom stereocenters. The lowest BCUT2D eigenvalue weighted by Gasteiger charge is -2.31. The molecule has 0 radical (unpaired) electrons. The molecule has 8 aromatic carbocycles. The second-order valence-electron chi connectivity index (χ2n) is 11.7.